The van der Waals surface area contributed by atoms with Crippen LogP contribution in [0.4, 0.5) is 0 Å². The number of hydrogen-bond acceptors (Lipinski definition) is 5. The monoisotopic (exact) mass is 352 g/mol. The fourth-order valence-electron chi connectivity index (χ4n) is 3.74. The van der Waals surface area contributed by atoms with E-state index in [0.717, 1.165) is 32.8 Å². The molecule has 8 nitrogen and oxygen atoms in total. The van der Waals surface area contributed by atoms with Gasteiger partial charge in [-0.2, -0.15) is 0 Å². The Morgan fingerprint density at radius 3 is 2.28 bits per heavy atom. The Bertz CT molecular complexity index is 513. The largest absolute Gasteiger partial charge is 0.379 e. The Labute approximate surface area is 148 Å². The van der Waals surface area contributed by atoms with E-state index in [4.69, 9.17) is 4.74 Å². The Kier molecular flexibility index (Phi) is 5.90. The summed E-state index contributed by atoms with van der Waals surface area (Å²) in [5.74, 6) is -0.0436. The molecule has 3 heterocycles. The van der Waals surface area contributed by atoms with Gasteiger partial charge in [0.1, 0.15) is 0 Å². The van der Waals surface area contributed by atoms with E-state index in [1.165, 1.54) is 0 Å². The first-order valence-electron chi connectivity index (χ1n) is 9.17. The summed E-state index contributed by atoms with van der Waals surface area (Å²) in [7, 11) is 0. The summed E-state index contributed by atoms with van der Waals surface area (Å²) in [5.41, 5.74) is 0. The summed E-state index contributed by atoms with van der Waals surface area (Å²) in [5, 5.41) is 0. The second-order valence-corrected chi connectivity index (χ2v) is 7.03. The maximum absolute atomic E-state index is 12.7. The highest BCUT2D eigenvalue weighted by Gasteiger charge is 2.37. The standard InChI is InChI=1S/C17H28N4O4/c1-14(22)19-4-6-20(7-5-19)17(24)15-12-16(23)21(13-15)3-2-18-8-10-25-11-9-18/h15H,2-13H2,1H3. The van der Waals surface area contributed by atoms with Crippen LogP contribution in [0.3, 0.4) is 0 Å². The number of amides is 3. The molecule has 0 aromatic heterocycles. The Morgan fingerprint density at radius 2 is 1.64 bits per heavy atom. The summed E-state index contributed by atoms with van der Waals surface area (Å²) in [6, 6.07) is 0. The van der Waals surface area contributed by atoms with Gasteiger partial charge in [-0.25, -0.2) is 0 Å². The van der Waals surface area contributed by atoms with E-state index in [2.05, 4.69) is 4.90 Å². The van der Waals surface area contributed by atoms with Crippen LogP contribution in [0.5, 0.6) is 0 Å². The quantitative estimate of drug-likeness (QED) is 0.639. The molecule has 0 radical (unpaired) electrons. The molecule has 1 unspecified atom stereocenters. The van der Waals surface area contributed by atoms with Crippen molar-refractivity contribution in [1.29, 1.82) is 0 Å². The van der Waals surface area contributed by atoms with Crippen molar-refractivity contribution in [3.63, 3.8) is 0 Å². The van der Waals surface area contributed by atoms with E-state index in [1.807, 2.05) is 9.80 Å². The van der Waals surface area contributed by atoms with Gasteiger partial charge in [-0.15, -0.1) is 0 Å². The first kappa shape index (κ1) is 18.1. The number of carbonyl (C=O) groups excluding carboxylic acids is 3. The lowest BCUT2D eigenvalue weighted by molar-refractivity contribution is -0.141. The molecule has 0 aromatic carbocycles. The average Bonchev–Trinajstić information content (AvgIpc) is 3.01. The van der Waals surface area contributed by atoms with E-state index in [1.54, 1.807) is 11.8 Å². The predicted molar refractivity (Wildman–Crippen MR) is 90.8 cm³/mol. The van der Waals surface area contributed by atoms with Gasteiger partial charge in [-0.05, 0) is 0 Å². The lowest BCUT2D eigenvalue weighted by Gasteiger charge is -2.35. The van der Waals surface area contributed by atoms with Gasteiger partial charge in [0.2, 0.25) is 17.7 Å². The van der Waals surface area contributed by atoms with E-state index in [-0.39, 0.29) is 23.6 Å². The Balaban J connectivity index is 1.45. The molecule has 1 atom stereocenters. The van der Waals surface area contributed by atoms with Gasteiger partial charge in [0.15, 0.2) is 0 Å². The molecule has 3 aliphatic heterocycles. The maximum atomic E-state index is 12.7. The molecule has 0 spiro atoms. The van der Waals surface area contributed by atoms with Crippen LogP contribution >= 0.6 is 0 Å². The predicted octanol–water partition coefficient (Wildman–Crippen LogP) is -1.14. The van der Waals surface area contributed by atoms with Gasteiger partial charge < -0.3 is 19.4 Å². The molecular weight excluding hydrogens is 324 g/mol. The molecule has 0 bridgehead atoms. The van der Waals surface area contributed by atoms with Gasteiger partial charge >= 0.3 is 0 Å². The van der Waals surface area contributed by atoms with Crippen molar-refractivity contribution in [2.75, 3.05) is 72.1 Å². The first-order chi connectivity index (χ1) is 12.0. The van der Waals surface area contributed by atoms with Crippen LogP contribution < -0.4 is 0 Å². The molecule has 3 aliphatic rings. The zero-order chi connectivity index (χ0) is 17.8. The SMILES string of the molecule is CC(=O)N1CCN(C(=O)C2CC(=O)N(CCN3CCOCC3)C2)CC1. The molecule has 0 aromatic rings. The molecule has 140 valence electrons. The lowest BCUT2D eigenvalue weighted by atomic mass is 10.1. The normalized spacial score (nSPS) is 25.6. The fourth-order valence-corrected chi connectivity index (χ4v) is 3.74. The zero-order valence-corrected chi connectivity index (χ0v) is 15.0. The molecule has 3 rings (SSSR count). The van der Waals surface area contributed by atoms with Crippen LogP contribution in [0.15, 0.2) is 0 Å². The third-order valence-electron chi connectivity index (χ3n) is 5.39. The minimum atomic E-state index is -0.235. The van der Waals surface area contributed by atoms with Crippen LogP contribution in [0.2, 0.25) is 0 Å². The Morgan fingerprint density at radius 1 is 1.00 bits per heavy atom. The highest BCUT2D eigenvalue weighted by Crippen LogP contribution is 2.21. The zero-order valence-electron chi connectivity index (χ0n) is 15.0. The molecule has 8 heteroatoms. The van der Waals surface area contributed by atoms with Gasteiger partial charge in [-0.3, -0.25) is 19.3 Å². The second kappa shape index (κ2) is 8.14. The number of carbonyl (C=O) groups is 3. The average molecular weight is 352 g/mol. The van der Waals surface area contributed by atoms with Crippen molar-refractivity contribution in [2.24, 2.45) is 5.92 Å². The summed E-state index contributed by atoms with van der Waals surface area (Å²) in [6.07, 6.45) is 0.314. The van der Waals surface area contributed by atoms with E-state index in [0.29, 0.717) is 45.7 Å². The summed E-state index contributed by atoms with van der Waals surface area (Å²) in [6.45, 7) is 9.22. The van der Waals surface area contributed by atoms with Crippen LogP contribution in [0.1, 0.15) is 13.3 Å². The highest BCUT2D eigenvalue weighted by atomic mass is 16.5. The van der Waals surface area contributed by atoms with E-state index >= 15 is 0 Å². The minimum Gasteiger partial charge on any atom is -0.379 e. The number of likely N-dealkylation sites (tertiary alicyclic amines) is 1. The van der Waals surface area contributed by atoms with Gasteiger partial charge in [0, 0.05) is 72.2 Å². The van der Waals surface area contributed by atoms with E-state index < -0.39 is 0 Å². The molecular formula is C17H28N4O4. The second-order valence-electron chi connectivity index (χ2n) is 7.03. The topological polar surface area (TPSA) is 73.4 Å². The summed E-state index contributed by atoms with van der Waals surface area (Å²) >= 11 is 0. The molecule has 3 amide bonds. The van der Waals surface area contributed by atoms with Crippen LogP contribution in [0, 0.1) is 5.92 Å². The number of hydrogen-bond donors (Lipinski definition) is 0. The number of morpholine rings is 1. The van der Waals surface area contributed by atoms with Crippen molar-refractivity contribution in [3.8, 4) is 0 Å². The molecule has 3 fully saturated rings. The minimum absolute atomic E-state index is 0.0532. The molecule has 3 saturated heterocycles. The number of ether oxygens (including phenoxy) is 1. The number of rotatable bonds is 4. The fraction of sp³-hybridized carbons (Fsp3) is 0.824. The third-order valence-corrected chi connectivity index (χ3v) is 5.39. The number of nitrogens with zero attached hydrogens (tertiary/aromatic N) is 4. The van der Waals surface area contributed by atoms with Gasteiger partial charge in [0.05, 0.1) is 19.1 Å². The molecule has 25 heavy (non-hydrogen) atoms. The third kappa shape index (κ3) is 4.49. The van der Waals surface area contributed by atoms with Crippen molar-refractivity contribution in [3.05, 3.63) is 0 Å². The number of piperazine rings is 1. The van der Waals surface area contributed by atoms with Crippen molar-refractivity contribution in [2.45, 2.75) is 13.3 Å². The highest BCUT2D eigenvalue weighted by molar-refractivity contribution is 5.89. The first-order valence-corrected chi connectivity index (χ1v) is 9.17. The van der Waals surface area contributed by atoms with Crippen molar-refractivity contribution >= 4 is 17.7 Å². The van der Waals surface area contributed by atoms with Crippen LogP contribution in [-0.4, -0.2) is 109 Å². The van der Waals surface area contributed by atoms with Crippen LogP contribution in [-0.2, 0) is 19.1 Å². The smallest absolute Gasteiger partial charge is 0.228 e. The van der Waals surface area contributed by atoms with Crippen molar-refractivity contribution < 1.29 is 19.1 Å². The van der Waals surface area contributed by atoms with Gasteiger partial charge in [-0.1, -0.05) is 0 Å². The maximum Gasteiger partial charge on any atom is 0.228 e. The van der Waals surface area contributed by atoms with Crippen molar-refractivity contribution in [1.82, 2.24) is 19.6 Å². The lowest BCUT2D eigenvalue weighted by Crippen LogP contribution is -2.51. The van der Waals surface area contributed by atoms with Gasteiger partial charge in [0.25, 0.3) is 0 Å². The molecule has 0 saturated carbocycles. The van der Waals surface area contributed by atoms with Crippen LogP contribution in [0.25, 0.3) is 0 Å². The Hall–Kier alpha value is -1.67. The molecule has 0 aliphatic carbocycles. The van der Waals surface area contributed by atoms with E-state index in [9.17, 15) is 14.4 Å². The summed E-state index contributed by atoms with van der Waals surface area (Å²) in [4.78, 5) is 44.0. The summed E-state index contributed by atoms with van der Waals surface area (Å²) < 4.78 is 5.33. The molecule has 0 N–H and O–H groups in total.